The zero-order valence-corrected chi connectivity index (χ0v) is 13.2. The Kier molecular flexibility index (Phi) is 3.85. The maximum absolute atomic E-state index is 4.68. The molecule has 1 aliphatic heterocycles. The van der Waals surface area contributed by atoms with Gasteiger partial charge in [0.1, 0.15) is 5.82 Å². The van der Waals surface area contributed by atoms with Crippen molar-refractivity contribution < 1.29 is 0 Å². The van der Waals surface area contributed by atoms with Crippen LogP contribution in [0.25, 0.3) is 5.65 Å². The van der Waals surface area contributed by atoms with E-state index in [1.54, 1.807) is 6.20 Å². The van der Waals surface area contributed by atoms with Gasteiger partial charge in [0.15, 0.2) is 5.65 Å². The average Bonchev–Trinajstić information content (AvgIpc) is 2.92. The molecule has 1 saturated heterocycles. The molecule has 0 unspecified atom stereocenters. The number of aromatic nitrogens is 3. The third kappa shape index (κ3) is 3.53. The van der Waals surface area contributed by atoms with Crippen LogP contribution in [0.1, 0.15) is 33.6 Å². The molecule has 0 saturated carbocycles. The summed E-state index contributed by atoms with van der Waals surface area (Å²) in [5, 5.41) is 7.81. The van der Waals surface area contributed by atoms with Crippen molar-refractivity contribution in [1.82, 2.24) is 19.9 Å². The summed E-state index contributed by atoms with van der Waals surface area (Å²) in [6.07, 6.45) is 6.24. The standard InChI is InChI=1S/C16H25N5/c1-16(2,3)17-12-13-5-9-20(10-6-13)14-7-11-21-15(19-14)4-8-18-21/h4,7-8,11,13,17H,5-6,9-10,12H2,1-3H3. The highest BCUT2D eigenvalue weighted by Crippen LogP contribution is 2.22. The van der Waals surface area contributed by atoms with Crippen LogP contribution in [0, 0.1) is 5.92 Å². The fourth-order valence-corrected chi connectivity index (χ4v) is 2.80. The molecule has 0 aliphatic carbocycles. The van der Waals surface area contributed by atoms with Crippen LogP contribution in [0.5, 0.6) is 0 Å². The first-order valence-corrected chi connectivity index (χ1v) is 7.82. The van der Waals surface area contributed by atoms with Gasteiger partial charge in [-0.15, -0.1) is 0 Å². The lowest BCUT2D eigenvalue weighted by molar-refractivity contribution is 0.328. The lowest BCUT2D eigenvalue weighted by atomic mass is 9.95. The van der Waals surface area contributed by atoms with Crippen molar-refractivity contribution in [3.63, 3.8) is 0 Å². The summed E-state index contributed by atoms with van der Waals surface area (Å²) in [5.74, 6) is 1.85. The van der Waals surface area contributed by atoms with E-state index in [4.69, 9.17) is 0 Å². The molecule has 0 radical (unpaired) electrons. The molecule has 1 fully saturated rings. The highest BCUT2D eigenvalue weighted by atomic mass is 15.3. The van der Waals surface area contributed by atoms with E-state index in [0.29, 0.717) is 0 Å². The zero-order valence-electron chi connectivity index (χ0n) is 13.2. The van der Waals surface area contributed by atoms with Crippen molar-refractivity contribution in [3.8, 4) is 0 Å². The van der Waals surface area contributed by atoms with E-state index in [-0.39, 0.29) is 5.54 Å². The molecule has 3 rings (SSSR count). The summed E-state index contributed by atoms with van der Waals surface area (Å²) in [5.41, 5.74) is 1.13. The van der Waals surface area contributed by atoms with Gasteiger partial charge in [0.05, 0.1) is 6.20 Å². The van der Waals surface area contributed by atoms with E-state index in [2.05, 4.69) is 47.1 Å². The Morgan fingerprint density at radius 2 is 2.00 bits per heavy atom. The van der Waals surface area contributed by atoms with Gasteiger partial charge in [-0.3, -0.25) is 0 Å². The maximum atomic E-state index is 4.68. The average molecular weight is 287 g/mol. The van der Waals surface area contributed by atoms with Crippen molar-refractivity contribution in [2.75, 3.05) is 24.5 Å². The van der Waals surface area contributed by atoms with Gasteiger partial charge in [0.25, 0.3) is 0 Å². The third-order valence-corrected chi connectivity index (χ3v) is 4.10. The van der Waals surface area contributed by atoms with Gasteiger partial charge in [-0.2, -0.15) is 5.10 Å². The lowest BCUT2D eigenvalue weighted by Crippen LogP contribution is -2.43. The predicted octanol–water partition coefficient (Wildman–Crippen LogP) is 2.33. The Morgan fingerprint density at radius 3 is 2.71 bits per heavy atom. The van der Waals surface area contributed by atoms with Crippen LogP contribution in [0.15, 0.2) is 24.5 Å². The molecule has 0 amide bonds. The SMILES string of the molecule is CC(C)(C)NCC1CCN(c2ccn3nccc3n2)CC1. The number of fused-ring (bicyclic) bond motifs is 1. The van der Waals surface area contributed by atoms with Crippen molar-refractivity contribution in [2.24, 2.45) is 5.92 Å². The molecule has 0 bridgehead atoms. The Balaban J connectivity index is 1.57. The molecule has 5 heteroatoms. The minimum Gasteiger partial charge on any atom is -0.356 e. The van der Waals surface area contributed by atoms with E-state index < -0.39 is 0 Å². The summed E-state index contributed by atoms with van der Waals surface area (Å²) in [4.78, 5) is 7.07. The molecule has 0 aromatic carbocycles. The second-order valence-corrected chi connectivity index (χ2v) is 6.98. The fraction of sp³-hybridized carbons (Fsp3) is 0.625. The van der Waals surface area contributed by atoms with Crippen LogP contribution in [-0.4, -0.2) is 39.8 Å². The van der Waals surface area contributed by atoms with Crippen LogP contribution < -0.4 is 10.2 Å². The molecule has 5 nitrogen and oxygen atoms in total. The van der Waals surface area contributed by atoms with Crippen molar-refractivity contribution in [3.05, 3.63) is 24.5 Å². The van der Waals surface area contributed by atoms with Crippen LogP contribution in [-0.2, 0) is 0 Å². The normalized spacial score (nSPS) is 17.6. The Labute approximate surface area is 126 Å². The number of piperidine rings is 1. The molecule has 3 heterocycles. The first-order valence-electron chi connectivity index (χ1n) is 7.82. The lowest BCUT2D eigenvalue weighted by Gasteiger charge is -2.34. The Bertz CT molecular complexity index is 590. The Hall–Kier alpha value is -1.62. The number of anilines is 1. The molecule has 114 valence electrons. The van der Waals surface area contributed by atoms with Crippen LogP contribution in [0.3, 0.4) is 0 Å². The third-order valence-electron chi connectivity index (χ3n) is 4.10. The molecule has 1 N–H and O–H groups in total. The number of hydrogen-bond acceptors (Lipinski definition) is 4. The molecule has 1 aliphatic rings. The monoisotopic (exact) mass is 287 g/mol. The predicted molar refractivity (Wildman–Crippen MR) is 85.7 cm³/mol. The van der Waals surface area contributed by atoms with E-state index in [1.807, 2.05) is 16.8 Å². The summed E-state index contributed by atoms with van der Waals surface area (Å²) < 4.78 is 1.81. The van der Waals surface area contributed by atoms with Gasteiger partial charge in [0, 0.05) is 30.9 Å². The Morgan fingerprint density at radius 1 is 1.24 bits per heavy atom. The number of rotatable bonds is 3. The quantitative estimate of drug-likeness (QED) is 0.941. The minimum absolute atomic E-state index is 0.214. The number of hydrogen-bond donors (Lipinski definition) is 1. The zero-order chi connectivity index (χ0) is 14.9. The molecule has 2 aromatic rings. The molecule has 0 atom stereocenters. The second-order valence-electron chi connectivity index (χ2n) is 6.98. The van der Waals surface area contributed by atoms with Crippen molar-refractivity contribution >= 4 is 11.5 Å². The first-order chi connectivity index (χ1) is 10.0. The highest BCUT2D eigenvalue weighted by molar-refractivity contribution is 5.47. The van der Waals surface area contributed by atoms with Gasteiger partial charge in [0.2, 0.25) is 0 Å². The molecular weight excluding hydrogens is 262 g/mol. The second kappa shape index (κ2) is 5.64. The minimum atomic E-state index is 0.214. The van der Waals surface area contributed by atoms with E-state index >= 15 is 0 Å². The molecule has 2 aromatic heterocycles. The molecule has 0 spiro atoms. The smallest absolute Gasteiger partial charge is 0.157 e. The van der Waals surface area contributed by atoms with Crippen LogP contribution in [0.4, 0.5) is 5.82 Å². The maximum Gasteiger partial charge on any atom is 0.157 e. The highest BCUT2D eigenvalue weighted by Gasteiger charge is 2.21. The van der Waals surface area contributed by atoms with Crippen molar-refractivity contribution in [2.45, 2.75) is 39.2 Å². The number of nitrogens with one attached hydrogen (secondary N) is 1. The largest absolute Gasteiger partial charge is 0.356 e. The summed E-state index contributed by atoms with van der Waals surface area (Å²) in [6, 6.07) is 4.01. The van der Waals surface area contributed by atoms with Gasteiger partial charge >= 0.3 is 0 Å². The number of nitrogens with zero attached hydrogens (tertiary/aromatic N) is 4. The van der Waals surface area contributed by atoms with Gasteiger partial charge in [-0.1, -0.05) is 0 Å². The van der Waals surface area contributed by atoms with E-state index in [9.17, 15) is 0 Å². The van der Waals surface area contributed by atoms with Gasteiger partial charge in [-0.25, -0.2) is 9.50 Å². The fourth-order valence-electron chi connectivity index (χ4n) is 2.80. The summed E-state index contributed by atoms with van der Waals surface area (Å²) in [6.45, 7) is 9.99. The van der Waals surface area contributed by atoms with Gasteiger partial charge in [-0.05, 0) is 52.1 Å². The van der Waals surface area contributed by atoms with Crippen LogP contribution in [0.2, 0.25) is 0 Å². The van der Waals surface area contributed by atoms with E-state index in [1.165, 1.54) is 12.8 Å². The molecular formula is C16H25N5. The van der Waals surface area contributed by atoms with Gasteiger partial charge < -0.3 is 10.2 Å². The molecule has 21 heavy (non-hydrogen) atoms. The van der Waals surface area contributed by atoms with Crippen molar-refractivity contribution in [1.29, 1.82) is 0 Å². The van der Waals surface area contributed by atoms with Crippen LogP contribution >= 0.6 is 0 Å². The van der Waals surface area contributed by atoms with E-state index in [0.717, 1.165) is 37.0 Å². The topological polar surface area (TPSA) is 45.5 Å². The summed E-state index contributed by atoms with van der Waals surface area (Å²) in [7, 11) is 0. The first kappa shape index (κ1) is 14.3. The summed E-state index contributed by atoms with van der Waals surface area (Å²) >= 11 is 0.